The van der Waals surface area contributed by atoms with Gasteiger partial charge >= 0.3 is 0 Å². The SMILES string of the molecule is O=C1CCN(CC(O)COCc2ccco2)c2ccc(F)cc2N1. The summed E-state index contributed by atoms with van der Waals surface area (Å²) >= 11 is 0. The highest BCUT2D eigenvalue weighted by Gasteiger charge is 2.21. The van der Waals surface area contributed by atoms with Gasteiger partial charge in [0.25, 0.3) is 0 Å². The zero-order valence-electron chi connectivity index (χ0n) is 13.1. The third-order valence-electron chi connectivity index (χ3n) is 3.75. The number of aliphatic hydroxyl groups excluding tert-OH is 1. The van der Waals surface area contributed by atoms with Gasteiger partial charge in [0.2, 0.25) is 5.91 Å². The molecule has 7 heteroatoms. The Hall–Kier alpha value is -2.38. The normalized spacial score (nSPS) is 15.6. The molecule has 0 saturated heterocycles. The molecular weight excluding hydrogens is 315 g/mol. The van der Waals surface area contributed by atoms with Gasteiger partial charge in [-0.15, -0.1) is 0 Å². The third kappa shape index (κ3) is 4.12. The van der Waals surface area contributed by atoms with E-state index in [0.717, 1.165) is 0 Å². The van der Waals surface area contributed by atoms with Crippen molar-refractivity contribution in [1.29, 1.82) is 0 Å². The van der Waals surface area contributed by atoms with Gasteiger partial charge in [0, 0.05) is 19.5 Å². The summed E-state index contributed by atoms with van der Waals surface area (Å²) in [5, 5.41) is 12.9. The van der Waals surface area contributed by atoms with Gasteiger partial charge in [-0.2, -0.15) is 0 Å². The monoisotopic (exact) mass is 334 g/mol. The number of furan rings is 1. The first-order valence-corrected chi connectivity index (χ1v) is 7.74. The lowest BCUT2D eigenvalue weighted by Crippen LogP contribution is -2.35. The van der Waals surface area contributed by atoms with Crippen LogP contribution in [0, 0.1) is 5.82 Å². The van der Waals surface area contributed by atoms with Crippen molar-refractivity contribution < 1.29 is 23.4 Å². The summed E-state index contributed by atoms with van der Waals surface area (Å²) < 4.78 is 24.0. The first-order valence-electron chi connectivity index (χ1n) is 7.74. The maximum absolute atomic E-state index is 13.4. The van der Waals surface area contributed by atoms with Crippen LogP contribution in [0.5, 0.6) is 0 Å². The summed E-state index contributed by atoms with van der Waals surface area (Å²) in [7, 11) is 0. The number of amides is 1. The van der Waals surface area contributed by atoms with Crippen molar-refractivity contribution in [3.63, 3.8) is 0 Å². The number of fused-ring (bicyclic) bond motifs is 1. The Morgan fingerprint density at radius 3 is 3.08 bits per heavy atom. The molecule has 2 N–H and O–H groups in total. The van der Waals surface area contributed by atoms with Crippen molar-refractivity contribution >= 4 is 17.3 Å². The van der Waals surface area contributed by atoms with E-state index in [4.69, 9.17) is 9.15 Å². The Kier molecular flexibility index (Phi) is 5.12. The number of benzene rings is 1. The van der Waals surface area contributed by atoms with E-state index in [9.17, 15) is 14.3 Å². The molecule has 1 aromatic carbocycles. The molecule has 0 saturated carbocycles. The van der Waals surface area contributed by atoms with Gasteiger partial charge in [0.1, 0.15) is 18.2 Å². The highest BCUT2D eigenvalue weighted by molar-refractivity contribution is 5.96. The first kappa shape index (κ1) is 16.5. The lowest BCUT2D eigenvalue weighted by Gasteiger charge is -2.26. The minimum Gasteiger partial charge on any atom is -0.467 e. The quantitative estimate of drug-likeness (QED) is 0.847. The fourth-order valence-corrected chi connectivity index (χ4v) is 2.64. The van der Waals surface area contributed by atoms with Crippen molar-refractivity contribution in [3.05, 3.63) is 48.2 Å². The lowest BCUT2D eigenvalue weighted by molar-refractivity contribution is -0.116. The van der Waals surface area contributed by atoms with Crippen molar-refractivity contribution in [3.8, 4) is 0 Å². The molecule has 1 aliphatic heterocycles. The van der Waals surface area contributed by atoms with Crippen molar-refractivity contribution in [2.45, 2.75) is 19.1 Å². The van der Waals surface area contributed by atoms with Crippen LogP contribution in [0.3, 0.4) is 0 Å². The molecule has 1 aromatic heterocycles. The van der Waals surface area contributed by atoms with Gasteiger partial charge in [-0.3, -0.25) is 4.79 Å². The van der Waals surface area contributed by atoms with E-state index in [2.05, 4.69) is 5.32 Å². The molecule has 128 valence electrons. The van der Waals surface area contributed by atoms with E-state index in [0.29, 0.717) is 23.7 Å². The smallest absolute Gasteiger partial charge is 0.226 e. The predicted molar refractivity (Wildman–Crippen MR) is 86.2 cm³/mol. The number of carbonyl (C=O) groups excluding carboxylic acids is 1. The Morgan fingerprint density at radius 1 is 1.42 bits per heavy atom. The van der Waals surface area contributed by atoms with Gasteiger partial charge < -0.3 is 24.5 Å². The van der Waals surface area contributed by atoms with Crippen LogP contribution in [-0.2, 0) is 16.1 Å². The fourth-order valence-electron chi connectivity index (χ4n) is 2.64. The second kappa shape index (κ2) is 7.46. The summed E-state index contributed by atoms with van der Waals surface area (Å²) in [6.45, 7) is 1.15. The Labute approximate surface area is 138 Å². The number of rotatable bonds is 6. The predicted octanol–water partition coefficient (Wildman–Crippen LogP) is 2.15. The summed E-state index contributed by atoms with van der Waals surface area (Å²) in [6.07, 6.45) is 1.09. The highest BCUT2D eigenvalue weighted by Crippen LogP contribution is 2.29. The van der Waals surface area contributed by atoms with Gasteiger partial charge in [-0.05, 0) is 30.3 Å². The maximum atomic E-state index is 13.4. The number of carbonyl (C=O) groups is 1. The first-order chi connectivity index (χ1) is 11.6. The number of nitrogens with one attached hydrogen (secondary N) is 1. The van der Waals surface area contributed by atoms with Gasteiger partial charge in [0.15, 0.2) is 0 Å². The number of aliphatic hydroxyl groups is 1. The second-order valence-electron chi connectivity index (χ2n) is 5.65. The fraction of sp³-hybridized carbons (Fsp3) is 0.353. The molecule has 0 spiro atoms. The van der Waals surface area contributed by atoms with Crippen LogP contribution in [0.2, 0.25) is 0 Å². The minimum absolute atomic E-state index is 0.134. The average Bonchev–Trinajstić information content (AvgIpc) is 3.00. The van der Waals surface area contributed by atoms with E-state index in [1.165, 1.54) is 12.1 Å². The van der Waals surface area contributed by atoms with Crippen LogP contribution in [-0.4, -0.2) is 36.8 Å². The molecule has 6 nitrogen and oxygen atoms in total. The van der Waals surface area contributed by atoms with Crippen molar-refractivity contribution in [2.75, 3.05) is 29.9 Å². The van der Waals surface area contributed by atoms with Crippen LogP contribution in [0.1, 0.15) is 12.2 Å². The molecule has 0 aliphatic carbocycles. The standard InChI is InChI=1S/C17H19FN2O4/c18-12-3-4-16-15(8-12)19-17(22)5-6-20(16)9-13(21)10-23-11-14-2-1-7-24-14/h1-4,7-8,13,21H,5-6,9-11H2,(H,19,22). The highest BCUT2D eigenvalue weighted by atomic mass is 19.1. The number of hydrogen-bond acceptors (Lipinski definition) is 5. The number of ether oxygens (including phenoxy) is 1. The molecule has 1 amide bonds. The zero-order valence-corrected chi connectivity index (χ0v) is 13.1. The van der Waals surface area contributed by atoms with E-state index < -0.39 is 11.9 Å². The average molecular weight is 334 g/mol. The largest absolute Gasteiger partial charge is 0.467 e. The molecule has 0 radical (unpaired) electrons. The van der Waals surface area contributed by atoms with Crippen LogP contribution in [0.15, 0.2) is 41.0 Å². The molecule has 1 aliphatic rings. The molecule has 1 atom stereocenters. The number of anilines is 2. The van der Waals surface area contributed by atoms with E-state index >= 15 is 0 Å². The van der Waals surface area contributed by atoms with Gasteiger partial charge in [-0.1, -0.05) is 0 Å². The third-order valence-corrected chi connectivity index (χ3v) is 3.75. The number of halogens is 1. The van der Waals surface area contributed by atoms with E-state index in [-0.39, 0.29) is 32.1 Å². The summed E-state index contributed by atoms with van der Waals surface area (Å²) in [4.78, 5) is 13.6. The Bertz CT molecular complexity index is 690. The molecule has 3 rings (SSSR count). The van der Waals surface area contributed by atoms with Gasteiger partial charge in [-0.25, -0.2) is 4.39 Å². The molecule has 1 unspecified atom stereocenters. The van der Waals surface area contributed by atoms with Crippen LogP contribution >= 0.6 is 0 Å². The summed E-state index contributed by atoms with van der Waals surface area (Å²) in [5.74, 6) is 0.0960. The summed E-state index contributed by atoms with van der Waals surface area (Å²) in [5.41, 5.74) is 1.11. The second-order valence-corrected chi connectivity index (χ2v) is 5.65. The topological polar surface area (TPSA) is 74.9 Å². The van der Waals surface area contributed by atoms with Crippen molar-refractivity contribution in [1.82, 2.24) is 0 Å². The number of β-amino-alcohol motifs (C(OH)–C–C–N with tert-alkyl or cyclic N) is 1. The number of nitrogens with zero attached hydrogens (tertiary/aromatic N) is 1. The molecule has 2 aromatic rings. The van der Waals surface area contributed by atoms with Crippen LogP contribution < -0.4 is 10.2 Å². The molecular formula is C17H19FN2O4. The van der Waals surface area contributed by atoms with E-state index in [1.807, 2.05) is 4.90 Å². The molecule has 2 heterocycles. The van der Waals surface area contributed by atoms with Crippen molar-refractivity contribution in [2.24, 2.45) is 0 Å². The van der Waals surface area contributed by atoms with Gasteiger partial charge in [0.05, 0.1) is 30.3 Å². The minimum atomic E-state index is -0.744. The van der Waals surface area contributed by atoms with Crippen LogP contribution in [0.4, 0.5) is 15.8 Å². The summed E-state index contributed by atoms with van der Waals surface area (Å²) in [6, 6.07) is 7.79. The lowest BCUT2D eigenvalue weighted by atomic mass is 10.2. The van der Waals surface area contributed by atoms with E-state index in [1.54, 1.807) is 24.5 Å². The molecule has 0 bridgehead atoms. The number of hydrogen-bond donors (Lipinski definition) is 2. The zero-order chi connectivity index (χ0) is 16.9. The maximum Gasteiger partial charge on any atom is 0.226 e. The molecule has 24 heavy (non-hydrogen) atoms. The molecule has 0 fully saturated rings. The van der Waals surface area contributed by atoms with Crippen LogP contribution in [0.25, 0.3) is 0 Å². The Balaban J connectivity index is 1.60. The Morgan fingerprint density at radius 2 is 2.29 bits per heavy atom.